The van der Waals surface area contributed by atoms with Crippen LogP contribution in [0, 0.1) is 11.8 Å². The minimum Gasteiger partial charge on any atom is -0.463 e. The number of hydrogen-bond donors (Lipinski definition) is 0. The van der Waals surface area contributed by atoms with E-state index in [1.807, 2.05) is 50.3 Å². The fraction of sp³-hybridized carbons (Fsp3) is 0.500. The molecule has 2 bridgehead atoms. The summed E-state index contributed by atoms with van der Waals surface area (Å²) in [5.41, 5.74) is 1.32. The zero-order valence-corrected chi connectivity index (χ0v) is 14.8. The van der Waals surface area contributed by atoms with Crippen LogP contribution in [0.3, 0.4) is 0 Å². The third-order valence-electron chi connectivity index (χ3n) is 5.39. The average molecular weight is 341 g/mol. The number of aryl methyl sites for hydroxylation is 1. The lowest BCUT2D eigenvalue weighted by atomic mass is 9.77. The third-order valence-corrected chi connectivity index (χ3v) is 5.39. The molecule has 1 aromatic rings. The van der Waals surface area contributed by atoms with E-state index < -0.39 is 17.4 Å². The number of nitrogens with zero attached hydrogens (tertiary/aromatic N) is 1. The number of benzene rings is 1. The maximum absolute atomic E-state index is 13.2. The maximum Gasteiger partial charge on any atom is 0.313 e. The summed E-state index contributed by atoms with van der Waals surface area (Å²) in [6.07, 6.45) is 4.15. The number of amides is 1. The number of carbonyl (C=O) groups excluding carboxylic acids is 2. The van der Waals surface area contributed by atoms with E-state index >= 15 is 0 Å². The Bertz CT molecular complexity index is 756. The normalized spacial score (nSPS) is 32.6. The first-order chi connectivity index (χ1) is 12.0. The largest absolute Gasteiger partial charge is 0.463 e. The highest BCUT2D eigenvalue weighted by Gasteiger charge is 2.67. The van der Waals surface area contributed by atoms with Crippen molar-refractivity contribution >= 4 is 17.6 Å². The fourth-order valence-electron chi connectivity index (χ4n) is 4.36. The molecule has 3 aliphatic heterocycles. The van der Waals surface area contributed by atoms with Crippen LogP contribution in [-0.4, -0.2) is 36.2 Å². The summed E-state index contributed by atoms with van der Waals surface area (Å²) in [6, 6.07) is 7.91. The Balaban J connectivity index is 1.69. The van der Waals surface area contributed by atoms with E-state index in [-0.39, 0.29) is 24.1 Å². The molecule has 1 spiro atoms. The van der Waals surface area contributed by atoms with E-state index in [2.05, 4.69) is 6.92 Å². The molecule has 2 saturated heterocycles. The van der Waals surface area contributed by atoms with Gasteiger partial charge in [-0.3, -0.25) is 9.59 Å². The summed E-state index contributed by atoms with van der Waals surface area (Å²) < 4.78 is 11.5. The van der Waals surface area contributed by atoms with Gasteiger partial charge in [0, 0.05) is 5.69 Å². The first-order valence-corrected chi connectivity index (χ1v) is 8.94. The summed E-state index contributed by atoms with van der Waals surface area (Å²) in [7, 11) is 0. The van der Waals surface area contributed by atoms with Crippen LogP contribution in [0.15, 0.2) is 36.4 Å². The molecule has 5 nitrogen and oxygen atoms in total. The van der Waals surface area contributed by atoms with E-state index in [4.69, 9.17) is 9.47 Å². The summed E-state index contributed by atoms with van der Waals surface area (Å²) >= 11 is 0. The Hall–Kier alpha value is -2.14. The van der Waals surface area contributed by atoms with Gasteiger partial charge in [-0.15, -0.1) is 0 Å². The highest BCUT2D eigenvalue weighted by Crippen LogP contribution is 2.53. The molecule has 2 fully saturated rings. The molecule has 3 heterocycles. The first-order valence-electron chi connectivity index (χ1n) is 8.94. The van der Waals surface area contributed by atoms with Crippen molar-refractivity contribution in [1.82, 2.24) is 0 Å². The Labute approximate surface area is 147 Å². The molecule has 25 heavy (non-hydrogen) atoms. The van der Waals surface area contributed by atoms with Gasteiger partial charge in [0.05, 0.1) is 24.7 Å². The molecule has 0 N–H and O–H groups in total. The second-order valence-electron chi connectivity index (χ2n) is 7.29. The van der Waals surface area contributed by atoms with Gasteiger partial charge >= 0.3 is 5.97 Å². The predicted molar refractivity (Wildman–Crippen MR) is 93.1 cm³/mol. The van der Waals surface area contributed by atoms with Crippen molar-refractivity contribution in [3.05, 3.63) is 42.0 Å². The van der Waals surface area contributed by atoms with Crippen LogP contribution in [0.25, 0.3) is 0 Å². The number of hydrogen-bond acceptors (Lipinski definition) is 4. The van der Waals surface area contributed by atoms with Gasteiger partial charge in [-0.1, -0.05) is 37.3 Å². The molecule has 0 aliphatic carbocycles. The van der Waals surface area contributed by atoms with Gasteiger partial charge in [-0.25, -0.2) is 0 Å². The summed E-state index contributed by atoms with van der Waals surface area (Å²) in [4.78, 5) is 27.6. The molecule has 1 aromatic carbocycles. The monoisotopic (exact) mass is 341 g/mol. The van der Waals surface area contributed by atoms with Crippen LogP contribution < -0.4 is 4.90 Å². The van der Waals surface area contributed by atoms with Crippen LogP contribution in [0.2, 0.25) is 0 Å². The lowest BCUT2D eigenvalue weighted by molar-refractivity contribution is -0.156. The highest BCUT2D eigenvalue weighted by atomic mass is 16.6. The topological polar surface area (TPSA) is 55.8 Å². The second kappa shape index (κ2) is 5.70. The van der Waals surface area contributed by atoms with Crippen LogP contribution in [0.1, 0.15) is 26.3 Å². The molecule has 4 rings (SSSR count). The Kier molecular flexibility index (Phi) is 3.72. The Morgan fingerprint density at radius 3 is 2.88 bits per heavy atom. The van der Waals surface area contributed by atoms with Crippen molar-refractivity contribution in [3.8, 4) is 0 Å². The molecule has 5 heteroatoms. The van der Waals surface area contributed by atoms with Crippen molar-refractivity contribution in [2.45, 2.75) is 45.0 Å². The molecule has 0 saturated carbocycles. The quantitative estimate of drug-likeness (QED) is 0.624. The molecule has 4 atom stereocenters. The van der Waals surface area contributed by atoms with Gasteiger partial charge in [0.2, 0.25) is 5.91 Å². The molecule has 1 amide bonds. The van der Waals surface area contributed by atoms with Crippen LogP contribution in [-0.2, 0) is 25.5 Å². The number of ether oxygens (including phenoxy) is 2. The third kappa shape index (κ3) is 2.33. The molecular formula is C20H23NO4. The SMILES string of the molecule is CCc1ccccc1N1C[C@@]23C=C[C@H](O2)[C@@H](C(=O)OC(C)C)[C@H]3C1=O. The number of fused-ring (bicyclic) bond motifs is 1. The van der Waals surface area contributed by atoms with Crippen molar-refractivity contribution in [3.63, 3.8) is 0 Å². The van der Waals surface area contributed by atoms with Gasteiger partial charge in [0.15, 0.2) is 0 Å². The Morgan fingerprint density at radius 2 is 2.16 bits per heavy atom. The van der Waals surface area contributed by atoms with Gasteiger partial charge in [-0.05, 0) is 31.9 Å². The molecule has 0 radical (unpaired) electrons. The van der Waals surface area contributed by atoms with Gasteiger partial charge in [0.1, 0.15) is 11.5 Å². The summed E-state index contributed by atoms with van der Waals surface area (Å²) in [6.45, 7) is 6.16. The maximum atomic E-state index is 13.2. The average Bonchev–Trinajstić information content (AvgIpc) is 3.22. The van der Waals surface area contributed by atoms with Crippen molar-refractivity contribution in [2.75, 3.05) is 11.4 Å². The molecule has 0 aromatic heterocycles. The van der Waals surface area contributed by atoms with Gasteiger partial charge in [-0.2, -0.15) is 0 Å². The molecule has 132 valence electrons. The predicted octanol–water partition coefficient (Wildman–Crippen LogP) is 2.49. The standard InChI is InChI=1S/C20H23NO4/c1-4-13-7-5-6-8-14(13)21-11-20-10-9-15(25-20)16(17(20)18(21)22)19(23)24-12(2)3/h5-10,12,15-17H,4,11H2,1-3H3/t15-,16+,17-,20+/m0/s1. The van der Waals surface area contributed by atoms with E-state index in [1.165, 1.54) is 0 Å². The van der Waals surface area contributed by atoms with E-state index in [0.717, 1.165) is 17.7 Å². The van der Waals surface area contributed by atoms with Crippen LogP contribution >= 0.6 is 0 Å². The Morgan fingerprint density at radius 1 is 1.40 bits per heavy atom. The smallest absolute Gasteiger partial charge is 0.313 e. The number of para-hydroxylation sites is 1. The zero-order chi connectivity index (χ0) is 17.8. The van der Waals surface area contributed by atoms with Gasteiger partial charge in [0.25, 0.3) is 0 Å². The van der Waals surface area contributed by atoms with Crippen LogP contribution in [0.4, 0.5) is 5.69 Å². The molecule has 3 aliphatic rings. The van der Waals surface area contributed by atoms with Crippen molar-refractivity contribution in [2.24, 2.45) is 11.8 Å². The first kappa shape index (κ1) is 16.3. The van der Waals surface area contributed by atoms with E-state index in [9.17, 15) is 9.59 Å². The number of esters is 1. The molecule has 0 unspecified atom stereocenters. The minimum absolute atomic E-state index is 0.0431. The second-order valence-corrected chi connectivity index (χ2v) is 7.29. The van der Waals surface area contributed by atoms with E-state index in [1.54, 1.807) is 4.90 Å². The molecular weight excluding hydrogens is 318 g/mol. The summed E-state index contributed by atoms with van der Waals surface area (Å²) in [5.74, 6) is -1.44. The minimum atomic E-state index is -0.705. The fourth-order valence-corrected chi connectivity index (χ4v) is 4.36. The van der Waals surface area contributed by atoms with Crippen molar-refractivity contribution in [1.29, 1.82) is 0 Å². The lowest BCUT2D eigenvalue weighted by Crippen LogP contribution is -2.40. The highest BCUT2D eigenvalue weighted by molar-refractivity contribution is 6.03. The van der Waals surface area contributed by atoms with Crippen LogP contribution in [0.5, 0.6) is 0 Å². The zero-order valence-electron chi connectivity index (χ0n) is 14.8. The number of rotatable bonds is 4. The van der Waals surface area contributed by atoms with Gasteiger partial charge < -0.3 is 14.4 Å². The van der Waals surface area contributed by atoms with E-state index in [0.29, 0.717) is 6.54 Å². The number of carbonyl (C=O) groups is 2. The number of anilines is 1. The summed E-state index contributed by atoms with van der Waals surface area (Å²) in [5, 5.41) is 0. The lowest BCUT2D eigenvalue weighted by Gasteiger charge is -2.24. The van der Waals surface area contributed by atoms with Crippen molar-refractivity contribution < 1.29 is 19.1 Å².